The Morgan fingerprint density at radius 3 is 2.36 bits per heavy atom. The summed E-state index contributed by atoms with van der Waals surface area (Å²) in [5.74, 6) is -5.66. The Labute approximate surface area is 472 Å². The number of alkyl halides is 2. The minimum absolute atomic E-state index is 0. The molecule has 23 heteroatoms. The summed E-state index contributed by atoms with van der Waals surface area (Å²) >= 11 is 0. The van der Waals surface area contributed by atoms with E-state index in [0.29, 0.717) is 90.8 Å². The molecule has 0 aliphatic carbocycles. The molecule has 3 aromatic heterocycles. The number of aryl methyl sites for hydroxylation is 1. The number of amides is 5. The molecule has 0 bridgehead atoms. The topological polar surface area (TPSA) is 220 Å². The monoisotopic (exact) mass is 1120 g/mol. The summed E-state index contributed by atoms with van der Waals surface area (Å²) in [5.41, 5.74) is 11.3. The van der Waals surface area contributed by atoms with Crippen LogP contribution in [0.15, 0.2) is 79.3 Å². The first-order valence-corrected chi connectivity index (χ1v) is 24.4. The van der Waals surface area contributed by atoms with Gasteiger partial charge in [-0.1, -0.05) is 24.3 Å². The number of likely N-dealkylation sites (tertiary alicyclic amines) is 1. The molecule has 72 heavy (non-hydrogen) atoms. The first-order chi connectivity index (χ1) is 34.1. The van der Waals surface area contributed by atoms with Crippen LogP contribution in [0.25, 0.3) is 33.3 Å². The fourth-order valence-corrected chi connectivity index (χ4v) is 10.6. The summed E-state index contributed by atoms with van der Waals surface area (Å²) in [4.78, 5) is 74.9. The summed E-state index contributed by atoms with van der Waals surface area (Å²) in [6.45, 7) is 3.78. The van der Waals surface area contributed by atoms with Gasteiger partial charge in [0.05, 0.1) is 45.6 Å². The van der Waals surface area contributed by atoms with Crippen LogP contribution < -0.4 is 25.4 Å². The molecule has 369 valence electrons. The molecule has 6 aromatic rings. The van der Waals surface area contributed by atoms with E-state index in [2.05, 4.69) is 15.0 Å². The van der Waals surface area contributed by atoms with Crippen LogP contribution in [-0.2, 0) is 32.4 Å². The molecule has 5 amide bonds. The number of piperidine rings is 3. The second-order valence-electron chi connectivity index (χ2n) is 18.1. The number of benzene rings is 3. The van der Waals surface area contributed by atoms with Crippen molar-refractivity contribution < 1.29 is 46.1 Å². The van der Waals surface area contributed by atoms with Gasteiger partial charge in [-0.2, -0.15) is 19.0 Å². The maximum atomic E-state index is 13.9. The summed E-state index contributed by atoms with van der Waals surface area (Å²) in [6, 6.07) is 14.4. The number of imide groups is 2. The number of aromatic nitrogens is 5. The van der Waals surface area contributed by atoms with Crippen LogP contribution in [-0.4, -0.2) is 175 Å². The number of hydrogen-bond acceptors (Lipinski definition) is 12. The Morgan fingerprint density at radius 2 is 1.65 bits per heavy atom. The summed E-state index contributed by atoms with van der Waals surface area (Å²) in [6.07, 6.45) is 7.24. The molecule has 3 atom stereocenters. The van der Waals surface area contributed by atoms with Gasteiger partial charge in [-0.25, -0.2) is 13.6 Å². The van der Waals surface area contributed by atoms with Crippen molar-refractivity contribution in [1.82, 2.24) is 39.7 Å². The van der Waals surface area contributed by atoms with E-state index in [1.807, 2.05) is 20.7 Å². The third-order valence-corrected chi connectivity index (χ3v) is 14.6. The molecule has 4 aliphatic heterocycles. The average molecular weight is 1120 g/mol. The zero-order chi connectivity index (χ0) is 49.8. The van der Waals surface area contributed by atoms with Crippen molar-refractivity contribution in [3.63, 3.8) is 0 Å². The third-order valence-electron chi connectivity index (χ3n) is 13.9. The van der Waals surface area contributed by atoms with Gasteiger partial charge in [0.25, 0.3) is 11.8 Å². The van der Waals surface area contributed by atoms with Gasteiger partial charge >= 0.3 is 5.76 Å². The molecule has 0 saturated carbocycles. The van der Waals surface area contributed by atoms with Gasteiger partial charge in [-0.3, -0.25) is 48.3 Å². The van der Waals surface area contributed by atoms with Crippen molar-refractivity contribution in [2.45, 2.75) is 69.4 Å². The summed E-state index contributed by atoms with van der Waals surface area (Å²) in [7, 11) is -0.963. The van der Waals surface area contributed by atoms with Crippen molar-refractivity contribution in [1.29, 1.82) is 0 Å². The molecule has 3 saturated heterocycles. The number of hydrogen-bond donors (Lipinski definition) is 3. The minimum atomic E-state index is -3.16. The van der Waals surface area contributed by atoms with Gasteiger partial charge in [0.1, 0.15) is 35.2 Å². The van der Waals surface area contributed by atoms with Crippen molar-refractivity contribution >= 4 is 138 Å². The zero-order valence-corrected chi connectivity index (χ0v) is 46.6. The molecular weight excluding hydrogens is 1080 g/mol. The number of carbonyl (C=O) groups is 5. The average Bonchev–Trinajstić information content (AvgIpc) is 4.07. The van der Waals surface area contributed by atoms with E-state index in [1.165, 1.54) is 18.2 Å². The van der Waals surface area contributed by atoms with Gasteiger partial charge in [-0.15, -0.1) is 0 Å². The fourth-order valence-electron chi connectivity index (χ4n) is 10.2. The van der Waals surface area contributed by atoms with Gasteiger partial charge in [0.2, 0.25) is 17.7 Å². The number of halogens is 3. The maximum Gasteiger partial charge on any atom is 0.330 e. The van der Waals surface area contributed by atoms with E-state index in [1.54, 1.807) is 73.5 Å². The van der Waals surface area contributed by atoms with Crippen LogP contribution in [0.2, 0.25) is 0 Å². The van der Waals surface area contributed by atoms with Crippen LogP contribution in [0.3, 0.4) is 0 Å². The van der Waals surface area contributed by atoms with Gasteiger partial charge in [0.15, 0.2) is 11.0 Å². The van der Waals surface area contributed by atoms with E-state index in [-0.39, 0.29) is 128 Å². The van der Waals surface area contributed by atoms with Crippen LogP contribution in [0, 0.1) is 11.7 Å². The Morgan fingerprint density at radius 1 is 0.917 bits per heavy atom. The Balaban J connectivity index is 0.00000640. The Bertz CT molecular complexity index is 3160. The Hall–Kier alpha value is -5.57. The Kier molecular flexibility index (Phi) is 15.1. The van der Waals surface area contributed by atoms with E-state index in [4.69, 9.17) is 20.7 Å². The molecule has 4 N–H and O–H groups in total. The number of nitrogens with one attached hydrogen (secondary N) is 2. The number of nitrogen functional groups attached to an aromatic ring is 1. The standard InChI is InChI=1S/C49H48F3N11O7S.Cs/c1-26(27-6-9-31(50)10-7-27)70-38-22-29(8-11-35(38)58-71(69)49(51)52)42-41-43(59(2)57-42)34(24-54-44(41)53)30-23-55-62(25-30)32-16-20-61(21-17-32)46(66)28-14-18-60(19-15-28)36-5-3-4-33-40(36)48(68)63(47(33)67)37-12-13-39(64)56-45(37)65;/h3-11,22-26,28,32,37,49,58H,12-21H2,1-2H3,(H2,53,54)(H,56,64,65);. The molecule has 7 heterocycles. The number of nitrogens with two attached hydrogens (primary N) is 1. The van der Waals surface area contributed by atoms with Gasteiger partial charge in [-0.05, 0) is 81.0 Å². The van der Waals surface area contributed by atoms with Crippen molar-refractivity contribution in [3.05, 3.63) is 102 Å². The number of ether oxygens (including phenoxy) is 1. The quantitative estimate of drug-likeness (QED) is 0.125. The third kappa shape index (κ3) is 9.83. The predicted octanol–water partition coefficient (Wildman–Crippen LogP) is 5.76. The van der Waals surface area contributed by atoms with Gasteiger partial charge in [0, 0.05) is 144 Å². The molecular formula is C49H48CsF3N11O7S. The molecule has 0 spiro atoms. The van der Waals surface area contributed by atoms with Gasteiger partial charge < -0.3 is 20.3 Å². The van der Waals surface area contributed by atoms with Crippen molar-refractivity contribution in [3.8, 4) is 28.1 Å². The molecule has 10 rings (SSSR count). The fraction of sp³-hybridized carbons (Fsp3) is 0.347. The zero-order valence-electron chi connectivity index (χ0n) is 39.5. The first kappa shape index (κ1) is 51.3. The van der Waals surface area contributed by atoms with Crippen LogP contribution in [0.5, 0.6) is 5.75 Å². The molecule has 3 unspecified atom stereocenters. The minimum Gasteiger partial charge on any atom is -0.484 e. The van der Waals surface area contributed by atoms with Crippen LogP contribution in [0.1, 0.15) is 83.9 Å². The largest absolute Gasteiger partial charge is 0.484 e. The molecule has 1 radical (unpaired) electrons. The number of rotatable bonds is 12. The maximum absolute atomic E-state index is 13.9. The SMILES string of the molecule is CC(Oc1cc(-c2nn(C)c3c(-c4cnn(C5CCN(C(=O)C6CCN(c7cccc8c7C(=O)N(C7CCC(=O)NC7=O)C8=O)CC6)CC5)c4)cnc(N)c23)ccc1NS(=O)C(F)F)c1ccc(F)cc1.[Cs]. The van der Waals surface area contributed by atoms with Crippen LogP contribution in [0.4, 0.5) is 30.4 Å². The number of pyridine rings is 1. The second-order valence-corrected chi connectivity index (χ2v) is 19.3. The van der Waals surface area contributed by atoms with E-state index in [0.717, 1.165) is 10.5 Å². The van der Waals surface area contributed by atoms with Crippen molar-refractivity contribution in [2.24, 2.45) is 13.0 Å². The summed E-state index contributed by atoms with van der Waals surface area (Å²) < 4.78 is 64.8. The van der Waals surface area contributed by atoms with E-state index >= 15 is 0 Å². The van der Waals surface area contributed by atoms with Crippen LogP contribution >= 0.6 is 0 Å². The van der Waals surface area contributed by atoms with E-state index < -0.39 is 58.3 Å². The predicted molar refractivity (Wildman–Crippen MR) is 261 cm³/mol. The molecule has 18 nitrogen and oxygen atoms in total. The number of carbonyl (C=O) groups excluding carboxylic acids is 5. The molecule has 3 fully saturated rings. The van der Waals surface area contributed by atoms with Crippen molar-refractivity contribution in [2.75, 3.05) is 41.5 Å². The van der Waals surface area contributed by atoms with E-state index in [9.17, 15) is 41.4 Å². The second kappa shape index (κ2) is 21.1. The number of anilines is 3. The molecule has 3 aromatic carbocycles. The molecule has 4 aliphatic rings. The first-order valence-electron chi connectivity index (χ1n) is 23.2. The number of nitrogens with zero attached hydrogens (tertiary/aromatic N) is 8. The normalized spacial score (nSPS) is 18.6. The summed E-state index contributed by atoms with van der Waals surface area (Å²) in [5, 5.41) is 12.3. The smallest absolute Gasteiger partial charge is 0.330 e. The number of fused-ring (bicyclic) bond motifs is 2.